The number of fused-ring (bicyclic) bond motifs is 1. The van der Waals surface area contributed by atoms with Crippen LogP contribution in [-0.2, 0) is 6.54 Å². The number of ether oxygens (including phenoxy) is 2. The van der Waals surface area contributed by atoms with E-state index >= 15 is 0 Å². The van der Waals surface area contributed by atoms with Gasteiger partial charge in [-0.1, -0.05) is 6.07 Å². The number of halogens is 1. The summed E-state index contributed by atoms with van der Waals surface area (Å²) in [5.74, 6) is 0.616. The van der Waals surface area contributed by atoms with Crippen molar-refractivity contribution in [3.63, 3.8) is 0 Å². The number of amides is 1. The third-order valence-electron chi connectivity index (χ3n) is 4.55. The SMILES string of the molecule is Cc1c(C(N)=O)cc(-c2ccc(F)cc2)n1Cc1ccc2c(c1)OCO2. The number of carbonyl (C=O) groups is 1. The number of benzene rings is 2. The molecule has 132 valence electrons. The lowest BCUT2D eigenvalue weighted by Crippen LogP contribution is -2.12. The Labute approximate surface area is 149 Å². The van der Waals surface area contributed by atoms with Crippen LogP contribution < -0.4 is 15.2 Å². The van der Waals surface area contributed by atoms with E-state index in [-0.39, 0.29) is 12.6 Å². The first-order valence-electron chi connectivity index (χ1n) is 8.17. The highest BCUT2D eigenvalue weighted by Crippen LogP contribution is 2.34. The third-order valence-corrected chi connectivity index (χ3v) is 4.55. The molecule has 0 spiro atoms. The molecule has 0 bridgehead atoms. The maximum absolute atomic E-state index is 13.3. The molecular formula is C20H17FN2O3. The maximum atomic E-state index is 13.3. The van der Waals surface area contributed by atoms with Crippen molar-refractivity contribution in [1.29, 1.82) is 0 Å². The van der Waals surface area contributed by atoms with E-state index in [9.17, 15) is 9.18 Å². The van der Waals surface area contributed by atoms with E-state index in [1.54, 1.807) is 18.2 Å². The van der Waals surface area contributed by atoms with Crippen LogP contribution in [0, 0.1) is 12.7 Å². The van der Waals surface area contributed by atoms with Crippen molar-refractivity contribution in [2.45, 2.75) is 13.5 Å². The first kappa shape index (κ1) is 16.2. The number of carbonyl (C=O) groups excluding carboxylic acids is 1. The van der Waals surface area contributed by atoms with Gasteiger partial charge in [-0.2, -0.15) is 0 Å². The minimum absolute atomic E-state index is 0.216. The van der Waals surface area contributed by atoms with E-state index in [0.717, 1.165) is 28.3 Å². The molecule has 2 N–H and O–H groups in total. The van der Waals surface area contributed by atoms with Gasteiger partial charge in [0.05, 0.1) is 5.56 Å². The molecule has 1 amide bonds. The first-order valence-corrected chi connectivity index (χ1v) is 8.17. The van der Waals surface area contributed by atoms with Gasteiger partial charge in [0, 0.05) is 17.9 Å². The highest BCUT2D eigenvalue weighted by molar-refractivity contribution is 5.95. The Bertz CT molecular complexity index is 993. The zero-order valence-electron chi connectivity index (χ0n) is 14.2. The van der Waals surface area contributed by atoms with Crippen molar-refractivity contribution in [1.82, 2.24) is 4.57 Å². The van der Waals surface area contributed by atoms with Crippen LogP contribution in [-0.4, -0.2) is 17.3 Å². The lowest BCUT2D eigenvalue weighted by atomic mass is 10.1. The standard InChI is InChI=1S/C20H17FN2O3/c1-12-16(20(22)24)9-17(14-3-5-15(21)6-4-14)23(12)10-13-2-7-18-19(8-13)26-11-25-18/h2-9H,10-11H2,1H3,(H2,22,24). The Hall–Kier alpha value is -3.28. The van der Waals surface area contributed by atoms with Crippen molar-refractivity contribution >= 4 is 5.91 Å². The molecule has 1 aliphatic heterocycles. The van der Waals surface area contributed by atoms with Crippen molar-refractivity contribution in [3.8, 4) is 22.8 Å². The maximum Gasteiger partial charge on any atom is 0.250 e. The normalized spacial score (nSPS) is 12.4. The average Bonchev–Trinajstić information content (AvgIpc) is 3.21. The summed E-state index contributed by atoms with van der Waals surface area (Å²) >= 11 is 0. The number of hydrogen-bond acceptors (Lipinski definition) is 3. The summed E-state index contributed by atoms with van der Waals surface area (Å²) in [7, 11) is 0. The fraction of sp³-hybridized carbons (Fsp3) is 0.150. The Kier molecular flexibility index (Phi) is 3.88. The molecule has 26 heavy (non-hydrogen) atoms. The third kappa shape index (κ3) is 2.79. The summed E-state index contributed by atoms with van der Waals surface area (Å²) in [4.78, 5) is 11.8. The molecule has 3 aromatic rings. The molecule has 2 aromatic carbocycles. The fourth-order valence-corrected chi connectivity index (χ4v) is 3.18. The molecular weight excluding hydrogens is 335 g/mol. The van der Waals surface area contributed by atoms with Crippen molar-refractivity contribution in [2.24, 2.45) is 5.73 Å². The number of nitrogens with two attached hydrogens (primary N) is 1. The number of primary amides is 1. The van der Waals surface area contributed by atoms with Crippen LogP contribution >= 0.6 is 0 Å². The number of rotatable bonds is 4. The molecule has 5 nitrogen and oxygen atoms in total. The van der Waals surface area contributed by atoms with Gasteiger partial charge in [-0.25, -0.2) is 4.39 Å². The van der Waals surface area contributed by atoms with E-state index in [2.05, 4.69) is 0 Å². The molecule has 1 aromatic heterocycles. The van der Waals surface area contributed by atoms with Gasteiger partial charge in [-0.15, -0.1) is 0 Å². The molecule has 6 heteroatoms. The Morgan fingerprint density at radius 2 is 1.85 bits per heavy atom. The minimum Gasteiger partial charge on any atom is -0.454 e. The predicted molar refractivity (Wildman–Crippen MR) is 94.7 cm³/mol. The van der Waals surface area contributed by atoms with Crippen molar-refractivity contribution in [3.05, 3.63) is 71.2 Å². The molecule has 4 rings (SSSR count). The number of aromatic nitrogens is 1. The molecule has 0 saturated carbocycles. The summed E-state index contributed by atoms with van der Waals surface area (Å²) in [5.41, 5.74) is 9.33. The van der Waals surface area contributed by atoms with Crippen LogP contribution in [0.4, 0.5) is 4.39 Å². The second-order valence-corrected chi connectivity index (χ2v) is 6.17. The Morgan fingerprint density at radius 3 is 2.58 bits per heavy atom. The Morgan fingerprint density at radius 1 is 1.12 bits per heavy atom. The average molecular weight is 352 g/mol. The smallest absolute Gasteiger partial charge is 0.250 e. The van der Waals surface area contributed by atoms with Crippen LogP contribution in [0.25, 0.3) is 11.3 Å². The molecule has 2 heterocycles. The summed E-state index contributed by atoms with van der Waals surface area (Å²) in [6.45, 7) is 2.58. The highest BCUT2D eigenvalue weighted by atomic mass is 19.1. The second kappa shape index (κ2) is 6.22. The molecule has 0 unspecified atom stereocenters. The van der Waals surface area contributed by atoms with Gasteiger partial charge >= 0.3 is 0 Å². The van der Waals surface area contributed by atoms with Gasteiger partial charge in [0.25, 0.3) is 5.91 Å². The molecule has 0 aliphatic carbocycles. The van der Waals surface area contributed by atoms with E-state index in [1.807, 2.05) is 29.7 Å². The van der Waals surface area contributed by atoms with Gasteiger partial charge in [0.1, 0.15) is 5.82 Å². The molecule has 1 aliphatic rings. The van der Waals surface area contributed by atoms with Crippen molar-refractivity contribution < 1.29 is 18.7 Å². The monoisotopic (exact) mass is 352 g/mol. The van der Waals surface area contributed by atoms with Crippen LogP contribution in [0.1, 0.15) is 21.6 Å². The highest BCUT2D eigenvalue weighted by Gasteiger charge is 2.19. The lowest BCUT2D eigenvalue weighted by Gasteiger charge is -2.13. The molecule has 0 radical (unpaired) electrons. The van der Waals surface area contributed by atoms with E-state index in [0.29, 0.717) is 17.9 Å². The Balaban J connectivity index is 1.78. The van der Waals surface area contributed by atoms with E-state index < -0.39 is 5.91 Å². The van der Waals surface area contributed by atoms with E-state index in [4.69, 9.17) is 15.2 Å². The van der Waals surface area contributed by atoms with Crippen molar-refractivity contribution in [2.75, 3.05) is 6.79 Å². The lowest BCUT2D eigenvalue weighted by molar-refractivity contribution is 0.0999. The summed E-state index contributed by atoms with van der Waals surface area (Å²) in [6, 6.07) is 13.6. The minimum atomic E-state index is -0.490. The summed E-state index contributed by atoms with van der Waals surface area (Å²) in [6.07, 6.45) is 0. The molecule has 0 saturated heterocycles. The molecule has 0 atom stereocenters. The van der Waals surface area contributed by atoms with Crippen LogP contribution in [0.2, 0.25) is 0 Å². The summed E-state index contributed by atoms with van der Waals surface area (Å²) in [5, 5.41) is 0. The van der Waals surface area contributed by atoms with Crippen LogP contribution in [0.5, 0.6) is 11.5 Å². The first-order chi connectivity index (χ1) is 12.5. The molecule has 0 fully saturated rings. The zero-order chi connectivity index (χ0) is 18.3. The van der Waals surface area contributed by atoms with Crippen LogP contribution in [0.3, 0.4) is 0 Å². The summed E-state index contributed by atoms with van der Waals surface area (Å²) < 4.78 is 26.0. The van der Waals surface area contributed by atoms with Gasteiger partial charge in [0.2, 0.25) is 6.79 Å². The van der Waals surface area contributed by atoms with Gasteiger partial charge < -0.3 is 19.8 Å². The van der Waals surface area contributed by atoms with Gasteiger partial charge in [0.15, 0.2) is 11.5 Å². The van der Waals surface area contributed by atoms with Gasteiger partial charge in [-0.3, -0.25) is 4.79 Å². The number of nitrogens with zero attached hydrogens (tertiary/aromatic N) is 1. The largest absolute Gasteiger partial charge is 0.454 e. The second-order valence-electron chi connectivity index (χ2n) is 6.17. The van der Waals surface area contributed by atoms with E-state index in [1.165, 1.54) is 12.1 Å². The predicted octanol–water partition coefficient (Wildman–Crippen LogP) is 3.48. The quantitative estimate of drug-likeness (QED) is 0.782. The number of hydrogen-bond donors (Lipinski definition) is 1. The van der Waals surface area contributed by atoms with Crippen LogP contribution in [0.15, 0.2) is 48.5 Å². The topological polar surface area (TPSA) is 66.5 Å². The fourth-order valence-electron chi connectivity index (χ4n) is 3.18. The van der Waals surface area contributed by atoms with Gasteiger partial charge in [-0.05, 0) is 60.5 Å². The zero-order valence-corrected chi connectivity index (χ0v) is 14.2.